The number of nitrogens with zero attached hydrogens (tertiary/aromatic N) is 5. The summed E-state index contributed by atoms with van der Waals surface area (Å²) in [5.41, 5.74) is 0.449. The molecule has 0 bridgehead atoms. The molecular weight excluding hydrogens is 466 g/mol. The van der Waals surface area contributed by atoms with E-state index in [9.17, 15) is 14.7 Å². The van der Waals surface area contributed by atoms with Crippen LogP contribution >= 0.6 is 30.9 Å². The summed E-state index contributed by atoms with van der Waals surface area (Å²) in [6.45, 7) is 8.65. The predicted molar refractivity (Wildman–Crippen MR) is 125 cm³/mol. The molecule has 0 aliphatic heterocycles. The third-order valence-corrected chi connectivity index (χ3v) is 8.22. The van der Waals surface area contributed by atoms with Crippen LogP contribution in [-0.2, 0) is 22.7 Å². The Hall–Kier alpha value is -0.740. The monoisotopic (exact) mass is 501 g/mol. The summed E-state index contributed by atoms with van der Waals surface area (Å²) in [7, 11) is 0.297. The van der Waals surface area contributed by atoms with Crippen LogP contribution in [0.25, 0.3) is 0 Å². The molecule has 0 saturated heterocycles. The maximum Gasteiger partial charge on any atom is 0.434 e. The number of nitro groups is 1. The average Bonchev–Trinajstić information content (AvgIpc) is 3.12. The lowest BCUT2D eigenvalue weighted by molar-refractivity contribution is -0.906. The van der Waals surface area contributed by atoms with Crippen molar-refractivity contribution >= 4 is 36.8 Å². The van der Waals surface area contributed by atoms with Crippen molar-refractivity contribution in [3.63, 3.8) is 0 Å². The molecule has 0 fully saturated rings. The fraction of sp³-hybridized carbons (Fsp3) is 0.833. The van der Waals surface area contributed by atoms with Gasteiger partial charge >= 0.3 is 13.6 Å². The molecule has 0 amide bonds. The molecule has 10 nitrogen and oxygen atoms in total. The molecule has 13 heteroatoms. The van der Waals surface area contributed by atoms with Gasteiger partial charge in [-0.15, -0.1) is 23.2 Å². The smallest absolute Gasteiger partial charge is 0.390 e. The molecule has 0 aliphatic carbocycles. The van der Waals surface area contributed by atoms with Crippen molar-refractivity contribution in [3.05, 3.63) is 22.0 Å². The van der Waals surface area contributed by atoms with E-state index in [0.717, 1.165) is 37.0 Å². The van der Waals surface area contributed by atoms with E-state index in [4.69, 9.17) is 27.7 Å². The highest BCUT2D eigenvalue weighted by Crippen LogP contribution is 2.47. The van der Waals surface area contributed by atoms with Crippen LogP contribution in [0.5, 0.6) is 0 Å². The third-order valence-electron chi connectivity index (χ3n) is 5.63. The van der Waals surface area contributed by atoms with Crippen molar-refractivity contribution in [3.8, 4) is 0 Å². The van der Waals surface area contributed by atoms with Crippen LogP contribution in [0.4, 0.5) is 5.95 Å². The normalized spacial score (nSPS) is 14.2. The van der Waals surface area contributed by atoms with Crippen LogP contribution in [0.2, 0.25) is 0 Å². The van der Waals surface area contributed by atoms with Gasteiger partial charge in [0.05, 0.1) is 33.7 Å². The second kappa shape index (κ2) is 13.7. The Bertz CT molecular complexity index is 726. The first kappa shape index (κ1) is 28.3. The Labute approximate surface area is 195 Å². The van der Waals surface area contributed by atoms with Crippen molar-refractivity contribution in [1.82, 2.24) is 19.3 Å². The van der Waals surface area contributed by atoms with Gasteiger partial charge in [-0.25, -0.2) is 14.3 Å². The topological polar surface area (TPSA) is 103 Å². The number of rotatable bonds is 17. The molecule has 31 heavy (non-hydrogen) atoms. The molecule has 1 aromatic heterocycles. The number of hydrogen-bond donors (Lipinski definition) is 1. The summed E-state index contributed by atoms with van der Waals surface area (Å²) >= 11 is 11.8. The van der Waals surface area contributed by atoms with Gasteiger partial charge in [-0.3, -0.25) is 9.09 Å². The van der Waals surface area contributed by atoms with Crippen LogP contribution in [0.15, 0.2) is 6.20 Å². The lowest BCUT2D eigenvalue weighted by atomic mass is 10.2. The summed E-state index contributed by atoms with van der Waals surface area (Å²) in [5.74, 6) is 0.241. The number of halogens is 2. The van der Waals surface area contributed by atoms with E-state index in [0.29, 0.717) is 25.3 Å². The standard InChI is InChI=1S/C18H36Cl2N6O4P/c1-5-26(4,6-2)14-8-7-11-22-31(29,24(12-9-19)13-10-20)30-16-17-15-21-18(23(17)3)25(27)28/h15H,5-14,16H2,1-4H3,(H,22,29)/q+1. The van der Waals surface area contributed by atoms with Crippen LogP contribution in [-0.4, -0.2) is 81.7 Å². The van der Waals surface area contributed by atoms with Crippen molar-refractivity contribution in [2.75, 3.05) is 58.1 Å². The van der Waals surface area contributed by atoms with Crippen molar-refractivity contribution in [2.45, 2.75) is 33.3 Å². The third kappa shape index (κ3) is 8.61. The molecule has 0 radical (unpaired) electrons. The zero-order valence-electron chi connectivity index (χ0n) is 18.9. The predicted octanol–water partition coefficient (Wildman–Crippen LogP) is 3.59. The molecular formula is C18H36Cl2N6O4P+. The highest BCUT2D eigenvalue weighted by Gasteiger charge is 2.32. The second-order valence-corrected chi connectivity index (χ2v) is 10.5. The largest absolute Gasteiger partial charge is 0.434 e. The lowest BCUT2D eigenvalue weighted by Gasteiger charge is -2.32. The lowest BCUT2D eigenvalue weighted by Crippen LogP contribution is -2.44. The first-order chi connectivity index (χ1) is 14.7. The van der Waals surface area contributed by atoms with Gasteiger partial charge in [0.2, 0.25) is 0 Å². The van der Waals surface area contributed by atoms with Crippen molar-refractivity contribution in [1.29, 1.82) is 0 Å². The Kier molecular flexibility index (Phi) is 12.5. The van der Waals surface area contributed by atoms with E-state index in [1.54, 1.807) is 4.67 Å². The number of nitrogens with one attached hydrogen (secondary N) is 1. The van der Waals surface area contributed by atoms with Gasteiger partial charge in [-0.05, 0) is 31.6 Å². The molecule has 1 atom stereocenters. The highest BCUT2D eigenvalue weighted by atomic mass is 35.5. The summed E-state index contributed by atoms with van der Waals surface area (Å²) in [6, 6.07) is 0. The Morgan fingerprint density at radius 2 is 1.90 bits per heavy atom. The molecule has 0 aliphatic rings. The Morgan fingerprint density at radius 1 is 1.29 bits per heavy atom. The van der Waals surface area contributed by atoms with Crippen molar-refractivity contribution < 1.29 is 18.5 Å². The second-order valence-electron chi connectivity index (χ2n) is 7.58. The summed E-state index contributed by atoms with van der Waals surface area (Å²) < 4.78 is 23.4. The van der Waals surface area contributed by atoms with Gasteiger partial charge in [0, 0.05) is 31.4 Å². The molecule has 0 aromatic carbocycles. The molecule has 1 aromatic rings. The molecule has 1 heterocycles. The number of aromatic nitrogens is 2. The van der Waals surface area contributed by atoms with Gasteiger partial charge in [-0.1, -0.05) is 4.98 Å². The summed E-state index contributed by atoms with van der Waals surface area (Å²) in [4.78, 5) is 14.2. The number of hydrogen-bond acceptors (Lipinski definition) is 5. The first-order valence-corrected chi connectivity index (χ1v) is 13.2. The summed E-state index contributed by atoms with van der Waals surface area (Å²) in [6.07, 6.45) is 3.18. The quantitative estimate of drug-likeness (QED) is 0.0868. The van der Waals surface area contributed by atoms with Gasteiger partial charge in [0.1, 0.15) is 18.5 Å². The van der Waals surface area contributed by atoms with Crippen LogP contribution in [0.1, 0.15) is 32.4 Å². The van der Waals surface area contributed by atoms with Crippen LogP contribution < -0.4 is 5.09 Å². The molecule has 0 spiro atoms. The van der Waals surface area contributed by atoms with Gasteiger partial charge in [0.25, 0.3) is 0 Å². The first-order valence-electron chi connectivity index (χ1n) is 10.5. The molecule has 0 saturated carbocycles. The molecule has 180 valence electrons. The van der Waals surface area contributed by atoms with Gasteiger partial charge < -0.3 is 14.6 Å². The Balaban J connectivity index is 2.82. The van der Waals surface area contributed by atoms with E-state index in [1.807, 2.05) is 0 Å². The number of imidazole rings is 1. The highest BCUT2D eigenvalue weighted by molar-refractivity contribution is 7.54. The maximum atomic E-state index is 13.7. The number of quaternary nitrogens is 1. The summed E-state index contributed by atoms with van der Waals surface area (Å²) in [5, 5.41) is 14.1. The number of unbranched alkanes of at least 4 members (excludes halogenated alkanes) is 1. The minimum absolute atomic E-state index is 0.0939. The minimum atomic E-state index is -3.46. The fourth-order valence-corrected chi connectivity index (χ4v) is 5.64. The molecule has 1 unspecified atom stereocenters. The van der Waals surface area contributed by atoms with E-state index in [2.05, 4.69) is 31.0 Å². The van der Waals surface area contributed by atoms with E-state index >= 15 is 0 Å². The molecule has 1 rings (SSSR count). The van der Waals surface area contributed by atoms with E-state index in [1.165, 1.54) is 17.8 Å². The minimum Gasteiger partial charge on any atom is -0.390 e. The van der Waals surface area contributed by atoms with Crippen LogP contribution in [0, 0.1) is 10.1 Å². The van der Waals surface area contributed by atoms with Gasteiger partial charge in [0.15, 0.2) is 0 Å². The average molecular weight is 502 g/mol. The number of alkyl halides is 2. The van der Waals surface area contributed by atoms with Crippen molar-refractivity contribution in [2.24, 2.45) is 7.05 Å². The van der Waals surface area contributed by atoms with Crippen LogP contribution in [0.3, 0.4) is 0 Å². The zero-order valence-corrected chi connectivity index (χ0v) is 21.3. The van der Waals surface area contributed by atoms with E-state index in [-0.39, 0.29) is 24.3 Å². The van der Waals surface area contributed by atoms with Gasteiger partial charge in [-0.2, -0.15) is 0 Å². The zero-order chi connectivity index (χ0) is 23.5. The maximum absolute atomic E-state index is 13.7. The SMILES string of the molecule is CC[N+](C)(CC)CCCCNP(=O)(OCc1cnc([N+](=O)[O-])n1C)N(CCCl)CCCl. The fourth-order valence-electron chi connectivity index (χ4n) is 3.07. The molecule has 1 N–H and O–H groups in total. The van der Waals surface area contributed by atoms with E-state index < -0.39 is 12.6 Å². The Morgan fingerprint density at radius 3 is 2.39 bits per heavy atom.